The lowest BCUT2D eigenvalue weighted by atomic mass is 10.2. The van der Waals surface area contributed by atoms with Crippen molar-refractivity contribution in [3.05, 3.63) is 58.1 Å². The zero-order chi connectivity index (χ0) is 14.5. The van der Waals surface area contributed by atoms with Gasteiger partial charge in [0, 0.05) is 18.0 Å². The Morgan fingerprint density at radius 3 is 3.00 bits per heavy atom. The Morgan fingerprint density at radius 1 is 1.50 bits per heavy atom. The average Bonchev–Trinajstić information content (AvgIpc) is 2.49. The van der Waals surface area contributed by atoms with E-state index in [-0.39, 0.29) is 23.5 Å². The lowest BCUT2D eigenvalue weighted by Crippen LogP contribution is -2.30. The van der Waals surface area contributed by atoms with Gasteiger partial charge in [0.2, 0.25) is 5.88 Å². The fourth-order valence-corrected chi connectivity index (χ4v) is 1.82. The third-order valence-electron chi connectivity index (χ3n) is 2.79. The minimum Gasteiger partial charge on any atom is -0.481 e. The Morgan fingerprint density at radius 2 is 2.30 bits per heavy atom. The van der Waals surface area contributed by atoms with Crippen molar-refractivity contribution < 1.29 is 9.94 Å². The zero-order valence-electron chi connectivity index (χ0n) is 10.9. The summed E-state index contributed by atoms with van der Waals surface area (Å²) in [5.74, 6) is 0.233. The standard InChI is InChI=1S/C13H14N4O3/c1-20-12-9(4-2-6-15-12)8-17-7-3-5-10(13(17)18)11(14)16-19/h2-7,19H,8H2,1H3,(H2,14,16). The van der Waals surface area contributed by atoms with Gasteiger partial charge in [-0.25, -0.2) is 4.98 Å². The fourth-order valence-electron chi connectivity index (χ4n) is 1.82. The summed E-state index contributed by atoms with van der Waals surface area (Å²) in [7, 11) is 1.52. The lowest BCUT2D eigenvalue weighted by molar-refractivity contribution is 0.318. The van der Waals surface area contributed by atoms with Crippen molar-refractivity contribution in [2.75, 3.05) is 7.11 Å². The molecule has 0 aliphatic heterocycles. The van der Waals surface area contributed by atoms with Crippen molar-refractivity contribution in [1.82, 2.24) is 9.55 Å². The second kappa shape index (κ2) is 5.87. The van der Waals surface area contributed by atoms with E-state index >= 15 is 0 Å². The molecular weight excluding hydrogens is 260 g/mol. The molecule has 2 aromatic heterocycles. The SMILES string of the molecule is COc1ncccc1Cn1cccc(/C(N)=N/O)c1=O. The normalized spacial score (nSPS) is 11.3. The van der Waals surface area contributed by atoms with Gasteiger partial charge in [0.1, 0.15) is 0 Å². The molecule has 0 atom stereocenters. The van der Waals surface area contributed by atoms with Crippen LogP contribution in [0.15, 0.2) is 46.6 Å². The van der Waals surface area contributed by atoms with Gasteiger partial charge in [0.05, 0.1) is 19.2 Å². The van der Waals surface area contributed by atoms with E-state index in [9.17, 15) is 4.79 Å². The predicted molar refractivity (Wildman–Crippen MR) is 73.1 cm³/mol. The highest BCUT2D eigenvalue weighted by molar-refractivity contribution is 5.96. The number of aromatic nitrogens is 2. The van der Waals surface area contributed by atoms with E-state index in [0.29, 0.717) is 5.88 Å². The second-order valence-corrected chi connectivity index (χ2v) is 4.01. The van der Waals surface area contributed by atoms with Crippen molar-refractivity contribution in [1.29, 1.82) is 0 Å². The van der Waals surface area contributed by atoms with Crippen LogP contribution >= 0.6 is 0 Å². The van der Waals surface area contributed by atoms with Gasteiger partial charge in [-0.1, -0.05) is 11.2 Å². The van der Waals surface area contributed by atoms with Gasteiger partial charge in [-0.15, -0.1) is 0 Å². The highest BCUT2D eigenvalue weighted by Crippen LogP contribution is 2.14. The maximum Gasteiger partial charge on any atom is 0.261 e. The predicted octanol–water partition coefficient (Wildman–Crippen LogP) is 0.395. The third kappa shape index (κ3) is 2.61. The Labute approximate surface area is 114 Å². The van der Waals surface area contributed by atoms with E-state index in [1.807, 2.05) is 6.07 Å². The smallest absolute Gasteiger partial charge is 0.261 e. The van der Waals surface area contributed by atoms with Crippen LogP contribution in [-0.2, 0) is 6.54 Å². The van der Waals surface area contributed by atoms with Crippen molar-refractivity contribution >= 4 is 5.84 Å². The minimum absolute atomic E-state index is 0.137. The quantitative estimate of drug-likeness (QED) is 0.363. The molecule has 0 fully saturated rings. The second-order valence-electron chi connectivity index (χ2n) is 4.01. The summed E-state index contributed by atoms with van der Waals surface area (Å²) in [5, 5.41) is 11.5. The molecule has 0 bridgehead atoms. The molecule has 0 saturated heterocycles. The number of nitrogens with zero attached hydrogens (tertiary/aromatic N) is 3. The van der Waals surface area contributed by atoms with Crippen LogP contribution in [0.3, 0.4) is 0 Å². The highest BCUT2D eigenvalue weighted by atomic mass is 16.5. The number of amidine groups is 1. The molecule has 7 nitrogen and oxygen atoms in total. The molecule has 0 amide bonds. The number of methoxy groups -OCH3 is 1. The van der Waals surface area contributed by atoms with Crippen LogP contribution < -0.4 is 16.0 Å². The Hall–Kier alpha value is -2.83. The van der Waals surface area contributed by atoms with Gasteiger partial charge in [0.25, 0.3) is 5.56 Å². The van der Waals surface area contributed by atoms with Crippen LogP contribution in [0, 0.1) is 0 Å². The summed E-state index contributed by atoms with van der Waals surface area (Å²) in [6, 6.07) is 6.72. The molecule has 2 heterocycles. The molecule has 0 aromatic carbocycles. The van der Waals surface area contributed by atoms with E-state index in [2.05, 4.69) is 10.1 Å². The highest BCUT2D eigenvalue weighted by Gasteiger charge is 2.10. The maximum atomic E-state index is 12.2. The van der Waals surface area contributed by atoms with E-state index in [1.165, 1.54) is 17.7 Å². The number of nitrogens with two attached hydrogens (primary N) is 1. The summed E-state index contributed by atoms with van der Waals surface area (Å²) in [6.45, 7) is 0.280. The first-order chi connectivity index (χ1) is 9.67. The van der Waals surface area contributed by atoms with Crippen molar-refractivity contribution in [3.63, 3.8) is 0 Å². The molecule has 0 saturated carbocycles. The minimum atomic E-state index is -0.353. The Kier molecular flexibility index (Phi) is 3.99. The maximum absolute atomic E-state index is 12.2. The molecule has 0 aliphatic carbocycles. The third-order valence-corrected chi connectivity index (χ3v) is 2.79. The van der Waals surface area contributed by atoms with Crippen LogP contribution in [-0.4, -0.2) is 27.7 Å². The molecule has 20 heavy (non-hydrogen) atoms. The molecule has 0 aliphatic rings. The Bertz CT molecular complexity index is 694. The topological polar surface area (TPSA) is 103 Å². The van der Waals surface area contributed by atoms with Crippen molar-refractivity contribution in [2.24, 2.45) is 10.9 Å². The first-order valence-corrected chi connectivity index (χ1v) is 5.82. The van der Waals surface area contributed by atoms with Crippen LogP contribution in [0.5, 0.6) is 5.88 Å². The number of pyridine rings is 2. The number of hydrogen-bond donors (Lipinski definition) is 2. The summed E-state index contributed by atoms with van der Waals surface area (Å²) < 4.78 is 6.58. The first-order valence-electron chi connectivity index (χ1n) is 5.82. The number of rotatable bonds is 4. The molecule has 2 rings (SSSR count). The summed E-state index contributed by atoms with van der Waals surface area (Å²) >= 11 is 0. The summed E-state index contributed by atoms with van der Waals surface area (Å²) in [4.78, 5) is 16.3. The van der Waals surface area contributed by atoms with Crippen LogP contribution in [0.25, 0.3) is 0 Å². The van der Waals surface area contributed by atoms with Crippen LogP contribution in [0.2, 0.25) is 0 Å². The molecule has 3 N–H and O–H groups in total. The van der Waals surface area contributed by atoms with Gasteiger partial charge >= 0.3 is 0 Å². The molecule has 0 radical (unpaired) electrons. The van der Waals surface area contributed by atoms with Crippen LogP contribution in [0.4, 0.5) is 0 Å². The van der Waals surface area contributed by atoms with E-state index in [1.54, 1.807) is 24.5 Å². The van der Waals surface area contributed by atoms with E-state index < -0.39 is 0 Å². The molecule has 0 spiro atoms. The zero-order valence-corrected chi connectivity index (χ0v) is 10.9. The largest absolute Gasteiger partial charge is 0.481 e. The monoisotopic (exact) mass is 274 g/mol. The number of ether oxygens (including phenoxy) is 1. The Balaban J connectivity index is 2.42. The summed E-state index contributed by atoms with van der Waals surface area (Å²) in [6.07, 6.45) is 3.22. The fraction of sp³-hybridized carbons (Fsp3) is 0.154. The van der Waals surface area contributed by atoms with Gasteiger partial charge in [0.15, 0.2) is 5.84 Å². The van der Waals surface area contributed by atoms with Gasteiger partial charge in [-0.05, 0) is 18.2 Å². The molecule has 104 valence electrons. The van der Waals surface area contributed by atoms with E-state index in [0.717, 1.165) is 5.56 Å². The van der Waals surface area contributed by atoms with Gasteiger partial charge in [-0.3, -0.25) is 4.79 Å². The molecule has 0 unspecified atom stereocenters. The average molecular weight is 274 g/mol. The molecule has 7 heteroatoms. The molecular formula is C13H14N4O3. The van der Waals surface area contributed by atoms with Crippen molar-refractivity contribution in [3.8, 4) is 5.88 Å². The van der Waals surface area contributed by atoms with E-state index in [4.69, 9.17) is 15.7 Å². The van der Waals surface area contributed by atoms with Crippen molar-refractivity contribution in [2.45, 2.75) is 6.54 Å². The van der Waals surface area contributed by atoms with Crippen LogP contribution in [0.1, 0.15) is 11.1 Å². The number of hydrogen-bond acceptors (Lipinski definition) is 5. The first kappa shape index (κ1) is 13.6. The van der Waals surface area contributed by atoms with Gasteiger partial charge < -0.3 is 20.2 Å². The lowest BCUT2D eigenvalue weighted by Gasteiger charge is -2.10. The molecule has 2 aromatic rings. The van der Waals surface area contributed by atoms with Gasteiger partial charge in [-0.2, -0.15) is 0 Å². The summed E-state index contributed by atoms with van der Waals surface area (Å²) in [5.41, 5.74) is 6.01. The number of oxime groups is 1.